The van der Waals surface area contributed by atoms with Gasteiger partial charge >= 0.3 is 12.1 Å². The van der Waals surface area contributed by atoms with Gasteiger partial charge in [0, 0.05) is 21.5 Å². The van der Waals surface area contributed by atoms with Gasteiger partial charge in [0.05, 0.1) is 5.52 Å². The Kier molecular flexibility index (Phi) is 8.11. The number of carbonyl (C=O) groups is 1. The lowest BCUT2D eigenvalue weighted by Gasteiger charge is -2.25. The number of rotatable bonds is 8. The van der Waals surface area contributed by atoms with Crippen LogP contribution in [0.3, 0.4) is 0 Å². The van der Waals surface area contributed by atoms with Crippen molar-refractivity contribution in [2.24, 2.45) is 5.73 Å². The number of alkyl halides is 3. The minimum absolute atomic E-state index is 0.0104. The summed E-state index contributed by atoms with van der Waals surface area (Å²) in [5.41, 5.74) is 9.55. The SMILES string of the molecule is N[C@@H](Cc1ccc(-c2csc3c(O[C@H](c4ccc(Cl)cc4C4=CCCCC4)C(F)(F)F)ncnc23)cc1)C(=O)O. The second-order valence-corrected chi connectivity index (χ2v) is 10.9. The predicted octanol–water partition coefficient (Wildman–Crippen LogP) is 7.61. The number of aliphatic carboxylic acids is 1. The Hall–Kier alpha value is -3.47. The van der Waals surface area contributed by atoms with Crippen LogP contribution in [0, 0.1) is 0 Å². The van der Waals surface area contributed by atoms with E-state index in [0.717, 1.165) is 36.0 Å². The zero-order valence-electron chi connectivity index (χ0n) is 21.1. The van der Waals surface area contributed by atoms with Gasteiger partial charge in [-0.2, -0.15) is 13.2 Å². The molecule has 40 heavy (non-hydrogen) atoms. The molecule has 0 bridgehead atoms. The fraction of sp³-hybridized carbons (Fsp3) is 0.276. The van der Waals surface area contributed by atoms with Crippen LogP contribution >= 0.6 is 22.9 Å². The second kappa shape index (κ2) is 11.6. The van der Waals surface area contributed by atoms with Crippen molar-refractivity contribution in [2.45, 2.75) is 50.4 Å². The summed E-state index contributed by atoms with van der Waals surface area (Å²) in [5, 5.41) is 11.2. The maximum absolute atomic E-state index is 14.5. The van der Waals surface area contributed by atoms with Crippen LogP contribution < -0.4 is 10.5 Å². The molecule has 0 aliphatic heterocycles. The lowest BCUT2D eigenvalue weighted by molar-refractivity contribution is -0.198. The van der Waals surface area contributed by atoms with E-state index in [9.17, 15) is 18.0 Å². The van der Waals surface area contributed by atoms with E-state index < -0.39 is 24.3 Å². The molecule has 11 heteroatoms. The molecule has 2 aromatic heterocycles. The summed E-state index contributed by atoms with van der Waals surface area (Å²) >= 11 is 7.39. The number of nitrogens with zero attached hydrogens (tertiary/aromatic N) is 2. The minimum Gasteiger partial charge on any atom is -0.480 e. The second-order valence-electron chi connectivity index (χ2n) is 9.60. The van der Waals surface area contributed by atoms with Crippen LogP contribution in [0.5, 0.6) is 5.88 Å². The molecule has 0 spiro atoms. The minimum atomic E-state index is -4.72. The van der Waals surface area contributed by atoms with E-state index in [-0.39, 0.29) is 17.9 Å². The van der Waals surface area contributed by atoms with Crippen LogP contribution in [0.15, 0.2) is 60.2 Å². The molecule has 5 rings (SSSR count). The molecule has 0 saturated heterocycles. The number of aromatic nitrogens is 2. The largest absolute Gasteiger partial charge is 0.480 e. The van der Waals surface area contributed by atoms with Crippen molar-refractivity contribution in [3.8, 4) is 17.0 Å². The van der Waals surface area contributed by atoms with E-state index in [1.54, 1.807) is 35.7 Å². The molecule has 3 N–H and O–H groups in total. The average molecular weight is 588 g/mol. The molecule has 0 amide bonds. The molecule has 4 aromatic rings. The fourth-order valence-corrected chi connectivity index (χ4v) is 5.95. The number of benzene rings is 2. The van der Waals surface area contributed by atoms with Gasteiger partial charge in [-0.1, -0.05) is 48.0 Å². The van der Waals surface area contributed by atoms with Gasteiger partial charge in [-0.05, 0) is 66.5 Å². The van der Waals surface area contributed by atoms with Crippen molar-refractivity contribution in [1.29, 1.82) is 0 Å². The Labute approximate surface area is 237 Å². The third kappa shape index (κ3) is 5.99. The summed E-state index contributed by atoms with van der Waals surface area (Å²) in [5.74, 6) is -1.25. The Balaban J connectivity index is 1.50. The number of hydrogen-bond donors (Lipinski definition) is 2. The van der Waals surface area contributed by atoms with Crippen LogP contribution in [0.1, 0.15) is 48.5 Å². The van der Waals surface area contributed by atoms with Gasteiger partial charge in [0.2, 0.25) is 12.0 Å². The zero-order chi connectivity index (χ0) is 28.4. The third-order valence-corrected chi connectivity index (χ3v) is 8.01. The quantitative estimate of drug-likeness (QED) is 0.220. The van der Waals surface area contributed by atoms with Crippen LogP contribution in [0.2, 0.25) is 5.02 Å². The molecular weight excluding hydrogens is 563 g/mol. The number of carboxylic acids is 1. The van der Waals surface area contributed by atoms with Crippen molar-refractivity contribution in [2.75, 3.05) is 0 Å². The van der Waals surface area contributed by atoms with Crippen molar-refractivity contribution >= 4 is 44.7 Å². The first-order valence-corrected chi connectivity index (χ1v) is 13.9. The predicted molar refractivity (Wildman–Crippen MR) is 149 cm³/mol. The first kappa shape index (κ1) is 28.1. The van der Waals surface area contributed by atoms with E-state index in [2.05, 4.69) is 9.97 Å². The van der Waals surface area contributed by atoms with E-state index >= 15 is 0 Å². The summed E-state index contributed by atoms with van der Waals surface area (Å²) in [4.78, 5) is 19.5. The molecule has 2 atom stereocenters. The lowest BCUT2D eigenvalue weighted by atomic mass is 9.89. The lowest BCUT2D eigenvalue weighted by Crippen LogP contribution is -2.32. The van der Waals surface area contributed by atoms with Crippen LogP contribution in [-0.4, -0.2) is 33.3 Å². The van der Waals surface area contributed by atoms with Gasteiger partial charge in [-0.25, -0.2) is 9.97 Å². The number of nitrogens with two attached hydrogens (primary N) is 1. The summed E-state index contributed by atoms with van der Waals surface area (Å²) in [6.45, 7) is 0. The zero-order valence-corrected chi connectivity index (χ0v) is 22.7. The van der Waals surface area contributed by atoms with Gasteiger partial charge in [0.25, 0.3) is 0 Å². The summed E-state index contributed by atoms with van der Waals surface area (Å²) < 4.78 is 49.6. The highest BCUT2D eigenvalue weighted by Gasteiger charge is 2.45. The first-order chi connectivity index (χ1) is 19.1. The molecule has 6 nitrogen and oxygen atoms in total. The van der Waals surface area contributed by atoms with E-state index in [0.29, 0.717) is 32.8 Å². The highest BCUT2D eigenvalue weighted by atomic mass is 35.5. The van der Waals surface area contributed by atoms with E-state index in [1.807, 2.05) is 6.08 Å². The highest BCUT2D eigenvalue weighted by Crippen LogP contribution is 2.44. The number of thiophene rings is 1. The van der Waals surface area contributed by atoms with E-state index in [1.165, 1.54) is 29.8 Å². The number of carboxylic acid groups (broad SMARTS) is 1. The number of halogens is 4. The van der Waals surface area contributed by atoms with Crippen LogP contribution in [0.25, 0.3) is 26.9 Å². The molecule has 1 aliphatic rings. The molecule has 0 radical (unpaired) electrons. The van der Waals surface area contributed by atoms with E-state index in [4.69, 9.17) is 27.2 Å². The summed E-state index contributed by atoms with van der Waals surface area (Å²) in [6, 6.07) is 10.5. The van der Waals surface area contributed by atoms with Crippen molar-refractivity contribution < 1.29 is 27.8 Å². The van der Waals surface area contributed by atoms with Gasteiger partial charge < -0.3 is 15.6 Å². The molecule has 0 saturated carbocycles. The molecule has 1 aliphatic carbocycles. The number of ether oxygens (including phenoxy) is 1. The first-order valence-electron chi connectivity index (χ1n) is 12.6. The standard InChI is InChI=1S/C29H25ClF3N3O3S/c30-19-10-11-20(21(13-19)17-4-2-1-3-5-17)26(29(31,32)33)39-27-25-24(35-15-36-27)22(14-40-25)18-8-6-16(7-9-18)12-23(34)28(37)38/h4,6-11,13-15,23,26H,1-3,5,12,34H2,(H,37,38)/t23-,26+/m0/s1. The Morgan fingerprint density at radius 2 is 1.90 bits per heavy atom. The molecule has 0 unspecified atom stereocenters. The molecule has 208 valence electrons. The van der Waals surface area contributed by atoms with Crippen molar-refractivity contribution in [1.82, 2.24) is 9.97 Å². The Morgan fingerprint density at radius 3 is 2.58 bits per heavy atom. The topological polar surface area (TPSA) is 98.3 Å². The summed E-state index contributed by atoms with van der Waals surface area (Å²) in [7, 11) is 0. The summed E-state index contributed by atoms with van der Waals surface area (Å²) in [6.07, 6.45) is -0.283. The number of fused-ring (bicyclic) bond motifs is 1. The Morgan fingerprint density at radius 1 is 1.12 bits per heavy atom. The molecular formula is C29H25ClF3N3O3S. The Bertz CT molecular complexity index is 1570. The van der Waals surface area contributed by atoms with Crippen LogP contribution in [-0.2, 0) is 11.2 Å². The fourth-order valence-electron chi connectivity index (χ4n) is 4.82. The van der Waals surface area contributed by atoms with Crippen molar-refractivity contribution in [3.63, 3.8) is 0 Å². The number of allylic oxidation sites excluding steroid dienone is 2. The smallest absolute Gasteiger partial charge is 0.429 e. The van der Waals surface area contributed by atoms with Gasteiger partial charge in [-0.3, -0.25) is 4.79 Å². The average Bonchev–Trinajstić information content (AvgIpc) is 3.37. The van der Waals surface area contributed by atoms with Crippen LogP contribution in [0.4, 0.5) is 13.2 Å². The van der Waals surface area contributed by atoms with Gasteiger partial charge in [-0.15, -0.1) is 11.3 Å². The number of hydrogen-bond acceptors (Lipinski definition) is 6. The molecule has 0 fully saturated rings. The molecule has 2 aromatic carbocycles. The normalized spacial score (nSPS) is 15.5. The van der Waals surface area contributed by atoms with Gasteiger partial charge in [0.15, 0.2) is 0 Å². The maximum Gasteiger partial charge on any atom is 0.429 e. The van der Waals surface area contributed by atoms with Crippen molar-refractivity contribution in [3.05, 3.63) is 82.0 Å². The molecule has 2 heterocycles. The monoisotopic (exact) mass is 587 g/mol. The maximum atomic E-state index is 14.5. The van der Waals surface area contributed by atoms with Gasteiger partial charge in [0.1, 0.15) is 17.1 Å². The third-order valence-electron chi connectivity index (χ3n) is 6.82. The highest BCUT2D eigenvalue weighted by molar-refractivity contribution is 7.18.